The Balaban J connectivity index is -0.00000242. The van der Waals surface area contributed by atoms with Gasteiger partial charge in [-0.05, 0) is 6.42 Å². The van der Waals surface area contributed by atoms with Crippen LogP contribution in [0.4, 0.5) is 0 Å². The molecule has 0 rings (SSSR count). The quantitative estimate of drug-likeness (QED) is 0.236. The molecule has 0 saturated carbocycles. The predicted molar refractivity (Wildman–Crippen MR) is 95.5 cm³/mol. The number of hydrogen-bond acceptors (Lipinski definition) is 4. The van der Waals surface area contributed by atoms with Gasteiger partial charge in [-0.1, -0.05) is 84.0 Å². The minimum Gasteiger partial charge on any atom is -1.00 e. The molecule has 0 saturated heterocycles. The Morgan fingerprint density at radius 1 is 0.875 bits per heavy atom. The van der Waals surface area contributed by atoms with Crippen molar-refractivity contribution in [2.45, 2.75) is 103 Å². The van der Waals surface area contributed by atoms with E-state index in [4.69, 9.17) is 14.9 Å². The maximum Gasteiger partial charge on any atom is 1.00 e. The summed E-state index contributed by atoms with van der Waals surface area (Å²) in [6.45, 7) is 1.78. The van der Waals surface area contributed by atoms with Crippen LogP contribution in [0.3, 0.4) is 0 Å². The summed E-state index contributed by atoms with van der Waals surface area (Å²) >= 11 is 0. The van der Waals surface area contributed by atoms with Crippen LogP contribution in [0.2, 0.25) is 0 Å². The summed E-state index contributed by atoms with van der Waals surface area (Å²) in [5.74, 6) is -0.277. The van der Waals surface area contributed by atoms with E-state index in [9.17, 15) is 4.79 Å². The first kappa shape index (κ1) is 26.6. The van der Waals surface area contributed by atoms with Gasteiger partial charge in [0.2, 0.25) is 0 Å². The van der Waals surface area contributed by atoms with Crippen molar-refractivity contribution >= 4 is 5.97 Å². The molecule has 0 aliphatic carbocycles. The fraction of sp³-hybridized carbons (Fsp3) is 0.947. The van der Waals surface area contributed by atoms with E-state index in [0.717, 1.165) is 12.8 Å². The number of aliphatic hydroxyl groups is 2. The molecule has 0 fully saturated rings. The van der Waals surface area contributed by atoms with Crippen LogP contribution in [0, 0.1) is 0 Å². The van der Waals surface area contributed by atoms with Crippen LogP contribution in [0.5, 0.6) is 0 Å². The van der Waals surface area contributed by atoms with Gasteiger partial charge >= 0.3 is 35.5 Å². The third-order valence-corrected chi connectivity index (χ3v) is 4.13. The van der Waals surface area contributed by atoms with Gasteiger partial charge in [0.05, 0.1) is 6.61 Å². The topological polar surface area (TPSA) is 66.8 Å². The third kappa shape index (κ3) is 20.4. The minimum absolute atomic E-state index is 0. The van der Waals surface area contributed by atoms with Crippen LogP contribution in [0.15, 0.2) is 0 Å². The van der Waals surface area contributed by atoms with Gasteiger partial charge in [-0.15, -0.1) is 0 Å². The molecular weight excluding hydrogens is 315 g/mol. The molecular formula is C19H39NaO4. The molecule has 0 aliphatic heterocycles. The summed E-state index contributed by atoms with van der Waals surface area (Å²) in [6, 6.07) is 0. The van der Waals surface area contributed by atoms with E-state index in [0.29, 0.717) is 6.42 Å². The maximum atomic E-state index is 11.3. The van der Waals surface area contributed by atoms with E-state index in [2.05, 4.69) is 6.92 Å². The largest absolute Gasteiger partial charge is 1.00 e. The summed E-state index contributed by atoms with van der Waals surface area (Å²) in [5, 5.41) is 17.7. The Labute approximate surface area is 172 Å². The van der Waals surface area contributed by atoms with E-state index >= 15 is 0 Å². The molecule has 0 spiro atoms. The first-order chi connectivity index (χ1) is 11.2. The zero-order valence-corrected chi connectivity index (χ0v) is 18.1. The van der Waals surface area contributed by atoms with Crippen molar-refractivity contribution < 1.29 is 50.7 Å². The number of unbranched alkanes of at least 4 members (excludes halogenated alkanes) is 12. The molecule has 1 atom stereocenters. The van der Waals surface area contributed by atoms with Crippen molar-refractivity contribution in [3.05, 3.63) is 0 Å². The average molecular weight is 355 g/mol. The monoisotopic (exact) mass is 354 g/mol. The van der Waals surface area contributed by atoms with Gasteiger partial charge in [-0.3, -0.25) is 4.79 Å². The van der Waals surface area contributed by atoms with Crippen LogP contribution >= 0.6 is 0 Å². The molecule has 0 amide bonds. The summed E-state index contributed by atoms with van der Waals surface area (Å²) in [4.78, 5) is 11.3. The standard InChI is InChI=1S/C19H38O4.Na.H/c1-2-3-4-5-6-7-8-9-10-11-12-13-14-15-19(22)23-17-18(21)16-20;;/h18,20-21H,2-17H2,1H3;;/q;+1;-1. The van der Waals surface area contributed by atoms with Crippen molar-refractivity contribution in [3.63, 3.8) is 0 Å². The third-order valence-electron chi connectivity index (χ3n) is 4.13. The number of hydrogen-bond donors (Lipinski definition) is 2. The SMILES string of the molecule is CCCCCCCCCCCCCCCC(=O)OCC(O)CO.[H-].[Na+]. The normalized spacial score (nSPS) is 11.8. The Bertz CT molecular complexity index is 268. The van der Waals surface area contributed by atoms with Gasteiger partial charge < -0.3 is 16.4 Å². The van der Waals surface area contributed by atoms with Gasteiger partial charge in [0.25, 0.3) is 0 Å². The Morgan fingerprint density at radius 2 is 1.29 bits per heavy atom. The van der Waals surface area contributed by atoms with E-state index < -0.39 is 6.10 Å². The number of esters is 1. The van der Waals surface area contributed by atoms with Crippen LogP contribution in [-0.4, -0.2) is 35.5 Å². The van der Waals surface area contributed by atoms with Gasteiger partial charge in [0.15, 0.2) is 0 Å². The zero-order valence-electron chi connectivity index (χ0n) is 17.1. The van der Waals surface area contributed by atoms with Gasteiger partial charge in [0.1, 0.15) is 12.7 Å². The maximum absolute atomic E-state index is 11.3. The van der Waals surface area contributed by atoms with Crippen molar-refractivity contribution in [1.82, 2.24) is 0 Å². The average Bonchev–Trinajstić information content (AvgIpc) is 2.56. The fourth-order valence-corrected chi connectivity index (χ4v) is 2.60. The smallest absolute Gasteiger partial charge is 1.00 e. The zero-order chi connectivity index (χ0) is 17.2. The molecule has 0 bridgehead atoms. The Kier molecular flexibility index (Phi) is 23.8. The van der Waals surface area contributed by atoms with Crippen molar-refractivity contribution in [2.75, 3.05) is 13.2 Å². The van der Waals surface area contributed by atoms with Crippen molar-refractivity contribution in [2.24, 2.45) is 0 Å². The Hall–Kier alpha value is 0.390. The van der Waals surface area contributed by atoms with Crippen molar-refractivity contribution in [3.8, 4) is 0 Å². The second-order valence-electron chi connectivity index (χ2n) is 6.51. The van der Waals surface area contributed by atoms with Crippen molar-refractivity contribution in [1.29, 1.82) is 0 Å². The molecule has 5 heteroatoms. The molecule has 0 heterocycles. The molecule has 0 aromatic rings. The minimum atomic E-state index is -0.953. The first-order valence-electron chi connectivity index (χ1n) is 9.65. The van der Waals surface area contributed by atoms with E-state index in [1.807, 2.05) is 0 Å². The number of carbonyl (C=O) groups excluding carboxylic acids is 1. The molecule has 1 unspecified atom stereocenters. The first-order valence-corrected chi connectivity index (χ1v) is 9.65. The molecule has 24 heavy (non-hydrogen) atoms. The number of ether oxygens (including phenoxy) is 1. The van der Waals surface area contributed by atoms with Gasteiger partial charge in [0, 0.05) is 6.42 Å². The molecule has 2 N–H and O–H groups in total. The molecule has 0 aliphatic rings. The van der Waals surface area contributed by atoms with Gasteiger partial charge in [-0.25, -0.2) is 0 Å². The number of aliphatic hydroxyl groups excluding tert-OH is 2. The van der Waals surface area contributed by atoms with Gasteiger partial charge in [-0.2, -0.15) is 0 Å². The van der Waals surface area contributed by atoms with Crippen LogP contribution < -0.4 is 29.6 Å². The summed E-state index contributed by atoms with van der Waals surface area (Å²) in [6.07, 6.45) is 16.1. The van der Waals surface area contributed by atoms with E-state index in [1.54, 1.807) is 0 Å². The summed E-state index contributed by atoms with van der Waals surface area (Å²) in [7, 11) is 0. The molecule has 0 aromatic carbocycles. The van der Waals surface area contributed by atoms with Crippen LogP contribution in [-0.2, 0) is 9.53 Å². The Morgan fingerprint density at radius 3 is 1.71 bits per heavy atom. The molecule has 4 nitrogen and oxygen atoms in total. The van der Waals surface area contributed by atoms with E-state index in [1.165, 1.54) is 70.6 Å². The molecule has 140 valence electrons. The predicted octanol–water partition coefficient (Wildman–Crippen LogP) is 1.48. The molecule has 0 radical (unpaired) electrons. The molecule has 0 aromatic heterocycles. The second kappa shape index (κ2) is 21.4. The van der Waals surface area contributed by atoms with Crippen LogP contribution in [0.25, 0.3) is 0 Å². The summed E-state index contributed by atoms with van der Waals surface area (Å²) < 4.78 is 4.85. The fourth-order valence-electron chi connectivity index (χ4n) is 2.60. The second-order valence-corrected chi connectivity index (χ2v) is 6.51. The van der Waals surface area contributed by atoms with E-state index in [-0.39, 0.29) is 50.2 Å². The van der Waals surface area contributed by atoms with Crippen LogP contribution in [0.1, 0.15) is 98.2 Å². The number of rotatable bonds is 17. The summed E-state index contributed by atoms with van der Waals surface area (Å²) in [5.41, 5.74) is 0. The number of carbonyl (C=O) groups is 1.